The molecule has 2 aromatic carbocycles. The number of imide groups is 1. The van der Waals surface area contributed by atoms with Crippen molar-refractivity contribution < 1.29 is 14.3 Å². The van der Waals surface area contributed by atoms with Gasteiger partial charge in [0.15, 0.2) is 0 Å². The maximum absolute atomic E-state index is 13.2. The van der Waals surface area contributed by atoms with Crippen LogP contribution < -0.4 is 9.64 Å². The highest BCUT2D eigenvalue weighted by Gasteiger charge is 2.67. The first-order valence-corrected chi connectivity index (χ1v) is 10.0. The summed E-state index contributed by atoms with van der Waals surface area (Å²) in [6.45, 7) is 2.00. The molecule has 4 heteroatoms. The van der Waals surface area contributed by atoms with Crippen LogP contribution in [-0.4, -0.2) is 11.8 Å². The molecule has 2 bridgehead atoms. The molecular formula is C24H21NO3. The summed E-state index contributed by atoms with van der Waals surface area (Å²) >= 11 is 0. The second-order valence-corrected chi connectivity index (χ2v) is 8.53. The standard InChI is InChI=1S/C24H21NO3/c1-13-4-2-3-5-20(13)28-15-8-6-14(7-9-15)25-23(26)21-16-10-11-17(19-12-18(16)19)22(21)24(25)27/h2-11,16-19,21-22H,12H2,1H3/t16-,17+,18-,19-,21-,22+/m0/s1. The number of carbonyl (C=O) groups is 2. The molecule has 3 fully saturated rings. The molecule has 0 unspecified atom stereocenters. The average molecular weight is 371 g/mol. The molecule has 0 aromatic heterocycles. The lowest BCUT2D eigenvalue weighted by Gasteiger charge is -2.37. The monoisotopic (exact) mass is 371 g/mol. The van der Waals surface area contributed by atoms with Crippen molar-refractivity contribution in [1.82, 2.24) is 0 Å². The summed E-state index contributed by atoms with van der Waals surface area (Å²) in [5.41, 5.74) is 1.71. The summed E-state index contributed by atoms with van der Waals surface area (Å²) in [4.78, 5) is 27.8. The Morgan fingerprint density at radius 1 is 0.857 bits per heavy atom. The van der Waals surface area contributed by atoms with Crippen LogP contribution in [0.2, 0.25) is 0 Å². The molecule has 2 aromatic rings. The number of benzene rings is 2. The molecule has 140 valence electrons. The number of para-hydroxylation sites is 1. The van der Waals surface area contributed by atoms with Gasteiger partial charge >= 0.3 is 0 Å². The van der Waals surface area contributed by atoms with Gasteiger partial charge in [-0.1, -0.05) is 30.4 Å². The number of anilines is 1. The zero-order valence-electron chi connectivity index (χ0n) is 15.6. The number of nitrogens with zero attached hydrogens (tertiary/aromatic N) is 1. The minimum atomic E-state index is -0.158. The smallest absolute Gasteiger partial charge is 0.238 e. The van der Waals surface area contributed by atoms with E-state index in [1.807, 2.05) is 55.5 Å². The fourth-order valence-corrected chi connectivity index (χ4v) is 5.67. The number of hydrogen-bond donors (Lipinski definition) is 0. The van der Waals surface area contributed by atoms with E-state index in [0.29, 0.717) is 23.3 Å². The maximum atomic E-state index is 13.2. The minimum Gasteiger partial charge on any atom is -0.457 e. The van der Waals surface area contributed by atoms with Crippen molar-refractivity contribution in [2.24, 2.45) is 35.5 Å². The quantitative estimate of drug-likeness (QED) is 0.595. The van der Waals surface area contributed by atoms with Crippen LogP contribution in [0.4, 0.5) is 5.69 Å². The number of rotatable bonds is 3. The van der Waals surface area contributed by atoms with E-state index in [-0.39, 0.29) is 35.5 Å². The number of allylic oxidation sites excluding steroid dienone is 2. The first-order valence-electron chi connectivity index (χ1n) is 10.0. The first kappa shape index (κ1) is 16.1. The molecule has 2 amide bonds. The molecule has 4 aliphatic carbocycles. The van der Waals surface area contributed by atoms with Crippen LogP contribution in [0.15, 0.2) is 60.7 Å². The predicted molar refractivity (Wildman–Crippen MR) is 105 cm³/mol. The Morgan fingerprint density at radius 2 is 1.46 bits per heavy atom. The summed E-state index contributed by atoms with van der Waals surface area (Å²) < 4.78 is 5.94. The normalized spacial score (nSPS) is 34.4. The summed E-state index contributed by atoms with van der Waals surface area (Å²) in [5.74, 6) is 2.89. The van der Waals surface area contributed by atoms with Gasteiger partial charge in [0.1, 0.15) is 11.5 Å². The van der Waals surface area contributed by atoms with Gasteiger partial charge in [0.2, 0.25) is 11.8 Å². The molecule has 5 aliphatic rings. The zero-order chi connectivity index (χ0) is 19.0. The Labute approximate surface area is 163 Å². The Bertz CT molecular complexity index is 988. The van der Waals surface area contributed by atoms with Crippen LogP contribution in [-0.2, 0) is 9.59 Å². The van der Waals surface area contributed by atoms with Gasteiger partial charge in [-0.15, -0.1) is 0 Å². The van der Waals surface area contributed by atoms with Crippen molar-refractivity contribution in [3.05, 3.63) is 66.2 Å². The van der Waals surface area contributed by atoms with Crippen molar-refractivity contribution >= 4 is 17.5 Å². The molecule has 0 N–H and O–H groups in total. The van der Waals surface area contributed by atoms with Crippen molar-refractivity contribution in [2.75, 3.05) is 4.90 Å². The van der Waals surface area contributed by atoms with Crippen molar-refractivity contribution in [3.8, 4) is 11.5 Å². The molecule has 1 heterocycles. The van der Waals surface area contributed by atoms with Crippen LogP contribution in [0.5, 0.6) is 11.5 Å². The summed E-state index contributed by atoms with van der Waals surface area (Å²) in [6, 6.07) is 15.1. The van der Waals surface area contributed by atoms with Crippen molar-refractivity contribution in [2.45, 2.75) is 13.3 Å². The fraction of sp³-hybridized carbons (Fsp3) is 0.333. The summed E-state index contributed by atoms with van der Waals surface area (Å²) in [6.07, 6.45) is 5.59. The predicted octanol–water partition coefficient (Wildman–Crippen LogP) is 4.34. The van der Waals surface area contributed by atoms with E-state index in [0.717, 1.165) is 11.3 Å². The Kier molecular flexibility index (Phi) is 3.20. The van der Waals surface area contributed by atoms with E-state index < -0.39 is 0 Å². The number of hydrogen-bond acceptors (Lipinski definition) is 3. The third-order valence-corrected chi connectivity index (χ3v) is 7.08. The highest BCUT2D eigenvalue weighted by Crippen LogP contribution is 2.65. The number of carbonyl (C=O) groups excluding carboxylic acids is 2. The third kappa shape index (κ3) is 2.12. The van der Waals surface area contributed by atoms with Gasteiger partial charge in [-0.25, -0.2) is 0 Å². The topological polar surface area (TPSA) is 46.6 Å². The second-order valence-electron chi connectivity index (χ2n) is 8.53. The van der Waals surface area contributed by atoms with E-state index in [9.17, 15) is 9.59 Å². The van der Waals surface area contributed by atoms with Gasteiger partial charge in [-0.3, -0.25) is 14.5 Å². The SMILES string of the molecule is Cc1ccccc1Oc1ccc(N2C(=O)[C@@H]3[C@@H]4C=C[C@@H]([C@@H]5C[C@@H]45)[C@@H]3C2=O)cc1. The van der Waals surface area contributed by atoms with Gasteiger partial charge in [0, 0.05) is 0 Å². The van der Waals surface area contributed by atoms with Gasteiger partial charge in [-0.2, -0.15) is 0 Å². The van der Waals surface area contributed by atoms with Crippen LogP contribution in [0.25, 0.3) is 0 Å². The molecule has 1 aliphatic heterocycles. The number of aryl methyl sites for hydroxylation is 1. The molecule has 7 rings (SSSR count). The van der Waals surface area contributed by atoms with E-state index in [2.05, 4.69) is 12.2 Å². The summed E-state index contributed by atoms with van der Waals surface area (Å²) in [7, 11) is 0. The highest BCUT2D eigenvalue weighted by atomic mass is 16.5. The summed E-state index contributed by atoms with van der Waals surface area (Å²) in [5, 5.41) is 0. The zero-order valence-corrected chi connectivity index (χ0v) is 15.6. The van der Waals surface area contributed by atoms with Gasteiger partial charge < -0.3 is 4.74 Å². The van der Waals surface area contributed by atoms with Crippen LogP contribution >= 0.6 is 0 Å². The fourth-order valence-electron chi connectivity index (χ4n) is 5.67. The first-order chi connectivity index (χ1) is 13.6. The van der Waals surface area contributed by atoms with Crippen LogP contribution in [0.3, 0.4) is 0 Å². The van der Waals surface area contributed by atoms with Crippen molar-refractivity contribution in [3.63, 3.8) is 0 Å². The van der Waals surface area contributed by atoms with Crippen LogP contribution in [0, 0.1) is 42.4 Å². The Morgan fingerprint density at radius 3 is 2.07 bits per heavy atom. The Balaban J connectivity index is 1.27. The molecular weight excluding hydrogens is 350 g/mol. The lowest BCUT2D eigenvalue weighted by atomic mass is 9.63. The van der Waals surface area contributed by atoms with Gasteiger partial charge in [-0.05, 0) is 72.9 Å². The van der Waals surface area contributed by atoms with E-state index in [1.54, 1.807) is 0 Å². The molecule has 2 saturated carbocycles. The molecule has 1 saturated heterocycles. The average Bonchev–Trinajstić information content (AvgIpc) is 3.49. The molecule has 4 nitrogen and oxygen atoms in total. The van der Waals surface area contributed by atoms with E-state index in [4.69, 9.17) is 4.74 Å². The minimum absolute atomic E-state index is 0.0210. The van der Waals surface area contributed by atoms with Crippen LogP contribution in [0.1, 0.15) is 12.0 Å². The largest absolute Gasteiger partial charge is 0.457 e. The molecule has 28 heavy (non-hydrogen) atoms. The van der Waals surface area contributed by atoms with Gasteiger partial charge in [0.25, 0.3) is 0 Å². The number of amides is 2. The molecule has 0 spiro atoms. The lowest BCUT2D eigenvalue weighted by molar-refractivity contribution is -0.124. The van der Waals surface area contributed by atoms with Gasteiger partial charge in [0.05, 0.1) is 17.5 Å². The third-order valence-electron chi connectivity index (χ3n) is 7.08. The maximum Gasteiger partial charge on any atom is 0.238 e. The molecule has 6 atom stereocenters. The van der Waals surface area contributed by atoms with Crippen molar-refractivity contribution in [1.29, 1.82) is 0 Å². The van der Waals surface area contributed by atoms with E-state index >= 15 is 0 Å². The van der Waals surface area contributed by atoms with E-state index in [1.165, 1.54) is 11.3 Å². The Hall–Kier alpha value is -2.88. The number of ether oxygens (including phenoxy) is 1. The molecule has 0 radical (unpaired) electrons. The highest BCUT2D eigenvalue weighted by molar-refractivity contribution is 6.22. The lowest BCUT2D eigenvalue weighted by Crippen LogP contribution is -2.40. The second kappa shape index (κ2) is 5.57.